The number of carbonyl (C=O) groups is 1. The predicted molar refractivity (Wildman–Crippen MR) is 128 cm³/mol. The van der Waals surface area contributed by atoms with Crippen LogP contribution in [0.15, 0.2) is 102 Å². The second-order valence-corrected chi connectivity index (χ2v) is 8.31. The van der Waals surface area contributed by atoms with E-state index in [1.54, 1.807) is 0 Å². The molecular weight excluding hydrogens is 382 g/mol. The van der Waals surface area contributed by atoms with Gasteiger partial charge in [0.25, 0.3) is 0 Å². The topological polar surface area (TPSA) is 38.7 Å². The van der Waals surface area contributed by atoms with Crippen molar-refractivity contribution in [3.63, 3.8) is 0 Å². The molecule has 31 heavy (non-hydrogen) atoms. The highest BCUT2D eigenvalue weighted by Crippen LogP contribution is 2.17. The maximum atomic E-state index is 13.0. The third-order valence-electron chi connectivity index (χ3n) is 4.53. The molecule has 1 unspecified atom stereocenters. The molecule has 3 aromatic carbocycles. The highest BCUT2D eigenvalue weighted by atomic mass is 16.6. The highest BCUT2D eigenvalue weighted by Gasteiger charge is 2.25. The van der Waals surface area contributed by atoms with Crippen molar-refractivity contribution in [3.8, 4) is 0 Å². The molecule has 0 N–H and O–H groups in total. The van der Waals surface area contributed by atoms with Crippen LogP contribution in [0.5, 0.6) is 0 Å². The van der Waals surface area contributed by atoms with E-state index in [-0.39, 0.29) is 5.97 Å². The van der Waals surface area contributed by atoms with Gasteiger partial charge in [0.2, 0.25) is 0 Å². The Morgan fingerprint density at radius 3 is 1.81 bits per heavy atom. The first kappa shape index (κ1) is 22.2. The molecule has 3 rings (SSSR count). The maximum absolute atomic E-state index is 13.0. The number of ether oxygens (including phenoxy) is 1. The van der Waals surface area contributed by atoms with E-state index in [1.807, 2.05) is 124 Å². The smallest absolute Gasteiger partial charge is 0.331 e. The molecule has 158 valence electrons. The Balaban J connectivity index is 1.97. The second kappa shape index (κ2) is 10.5. The molecule has 0 spiro atoms. The summed E-state index contributed by atoms with van der Waals surface area (Å²) in [7, 11) is 0. The summed E-state index contributed by atoms with van der Waals surface area (Å²) in [6.45, 7) is 5.63. The Kier molecular flexibility index (Phi) is 7.55. The monoisotopic (exact) mass is 411 g/mol. The first-order valence-corrected chi connectivity index (χ1v) is 10.6. The molecule has 0 aliphatic heterocycles. The van der Waals surface area contributed by atoms with Crippen LogP contribution in [-0.2, 0) is 9.53 Å². The molecule has 0 aliphatic rings. The van der Waals surface area contributed by atoms with Gasteiger partial charge in [-0.2, -0.15) is 0 Å². The minimum absolute atomic E-state index is 0.324. The first-order chi connectivity index (χ1) is 14.9. The highest BCUT2D eigenvalue weighted by molar-refractivity contribution is 6.13. The molecular formula is C28H29NO2. The summed E-state index contributed by atoms with van der Waals surface area (Å²) in [4.78, 5) is 18.0. The van der Waals surface area contributed by atoms with Crippen LogP contribution in [0.25, 0.3) is 6.08 Å². The summed E-state index contributed by atoms with van der Waals surface area (Å²) in [5, 5.41) is 0. The van der Waals surface area contributed by atoms with Gasteiger partial charge in [0, 0.05) is 11.1 Å². The van der Waals surface area contributed by atoms with E-state index in [0.717, 1.165) is 22.4 Å². The lowest BCUT2D eigenvalue weighted by Crippen LogP contribution is -2.31. The molecule has 0 bridgehead atoms. The number of aliphatic imine (C=N–C) groups is 1. The van der Waals surface area contributed by atoms with Gasteiger partial charge in [-0.3, -0.25) is 4.99 Å². The standard InChI is InChI=1S/C28H29NO2/c1-28(2,3)31-27(30)25(21-13-16-22-14-7-4-8-15-22)29-26(23-17-9-5-10-18-23)24-19-11-6-12-20-24/h4-20,25H,21H2,1-3H3/b16-13+. The SMILES string of the molecule is CC(C)(C)OC(=O)C(C/C=C/c1ccccc1)N=C(c1ccccc1)c1ccccc1. The average Bonchev–Trinajstić information content (AvgIpc) is 2.77. The average molecular weight is 412 g/mol. The lowest BCUT2D eigenvalue weighted by molar-refractivity contribution is -0.156. The Labute approximate surface area is 185 Å². The second-order valence-electron chi connectivity index (χ2n) is 8.31. The Morgan fingerprint density at radius 1 is 0.839 bits per heavy atom. The molecule has 0 aromatic heterocycles. The van der Waals surface area contributed by atoms with Crippen LogP contribution < -0.4 is 0 Å². The minimum atomic E-state index is -0.644. The fourth-order valence-electron chi connectivity index (χ4n) is 3.13. The van der Waals surface area contributed by atoms with E-state index in [2.05, 4.69) is 0 Å². The summed E-state index contributed by atoms with van der Waals surface area (Å²) in [6, 6.07) is 29.3. The molecule has 3 nitrogen and oxygen atoms in total. The molecule has 3 heteroatoms. The summed E-state index contributed by atoms with van der Waals surface area (Å²) in [5.74, 6) is -0.324. The van der Waals surface area contributed by atoms with Gasteiger partial charge < -0.3 is 4.74 Å². The van der Waals surface area contributed by atoms with Gasteiger partial charge in [0.05, 0.1) is 5.71 Å². The number of esters is 1. The van der Waals surface area contributed by atoms with Crippen molar-refractivity contribution in [2.24, 2.45) is 4.99 Å². The maximum Gasteiger partial charge on any atom is 0.331 e. The van der Waals surface area contributed by atoms with Crippen molar-refractivity contribution in [2.75, 3.05) is 0 Å². The zero-order valence-electron chi connectivity index (χ0n) is 18.4. The predicted octanol–water partition coefficient (Wildman–Crippen LogP) is 6.34. The van der Waals surface area contributed by atoms with E-state index in [9.17, 15) is 4.79 Å². The van der Waals surface area contributed by atoms with Crippen LogP contribution in [0.1, 0.15) is 43.9 Å². The van der Waals surface area contributed by atoms with Crippen LogP contribution in [0, 0.1) is 0 Å². The number of hydrogen-bond donors (Lipinski definition) is 0. The molecule has 0 radical (unpaired) electrons. The molecule has 0 saturated carbocycles. The molecule has 0 heterocycles. The number of nitrogens with zero attached hydrogens (tertiary/aromatic N) is 1. The summed E-state index contributed by atoms with van der Waals surface area (Å²) >= 11 is 0. The van der Waals surface area contributed by atoms with Crippen LogP contribution in [0.4, 0.5) is 0 Å². The molecule has 3 aromatic rings. The number of hydrogen-bond acceptors (Lipinski definition) is 3. The van der Waals surface area contributed by atoms with Gasteiger partial charge in [-0.15, -0.1) is 0 Å². The zero-order chi connectivity index (χ0) is 22.1. The van der Waals surface area contributed by atoms with Crippen molar-refractivity contribution in [2.45, 2.75) is 38.8 Å². The van der Waals surface area contributed by atoms with Gasteiger partial charge in [-0.25, -0.2) is 4.79 Å². The van der Waals surface area contributed by atoms with Gasteiger partial charge in [-0.1, -0.05) is 103 Å². The Morgan fingerprint density at radius 2 is 1.32 bits per heavy atom. The van der Waals surface area contributed by atoms with Gasteiger partial charge in [0.1, 0.15) is 5.60 Å². The first-order valence-electron chi connectivity index (χ1n) is 10.6. The van der Waals surface area contributed by atoms with E-state index < -0.39 is 11.6 Å². The minimum Gasteiger partial charge on any atom is -0.458 e. The van der Waals surface area contributed by atoms with Gasteiger partial charge in [0.15, 0.2) is 6.04 Å². The normalized spacial score (nSPS) is 12.4. The van der Waals surface area contributed by atoms with E-state index >= 15 is 0 Å². The molecule has 1 atom stereocenters. The van der Waals surface area contributed by atoms with Crippen LogP contribution in [0.3, 0.4) is 0 Å². The molecule has 0 fully saturated rings. The fourth-order valence-corrected chi connectivity index (χ4v) is 3.13. The summed E-state index contributed by atoms with van der Waals surface area (Å²) in [6.07, 6.45) is 4.45. The van der Waals surface area contributed by atoms with E-state index in [4.69, 9.17) is 9.73 Å². The number of benzene rings is 3. The van der Waals surface area contributed by atoms with Crippen molar-refractivity contribution < 1.29 is 9.53 Å². The number of carbonyl (C=O) groups excluding carboxylic acids is 1. The van der Waals surface area contributed by atoms with E-state index in [0.29, 0.717) is 6.42 Å². The Bertz CT molecular complexity index is 975. The quantitative estimate of drug-likeness (QED) is 0.336. The summed E-state index contributed by atoms with van der Waals surface area (Å²) < 4.78 is 5.70. The van der Waals surface area contributed by atoms with Gasteiger partial charge >= 0.3 is 5.97 Å². The third-order valence-corrected chi connectivity index (χ3v) is 4.53. The summed E-state index contributed by atoms with van der Waals surface area (Å²) in [5.41, 5.74) is 3.22. The molecule has 0 amide bonds. The molecule has 0 aliphatic carbocycles. The fraction of sp³-hybridized carbons (Fsp3) is 0.214. The van der Waals surface area contributed by atoms with E-state index in [1.165, 1.54) is 0 Å². The van der Waals surface area contributed by atoms with Crippen LogP contribution in [0.2, 0.25) is 0 Å². The number of rotatable bonds is 7. The van der Waals surface area contributed by atoms with Crippen LogP contribution in [-0.4, -0.2) is 23.3 Å². The zero-order valence-corrected chi connectivity index (χ0v) is 18.4. The van der Waals surface area contributed by atoms with Crippen molar-refractivity contribution >= 4 is 17.8 Å². The van der Waals surface area contributed by atoms with Crippen LogP contribution >= 0.6 is 0 Å². The van der Waals surface area contributed by atoms with Crippen molar-refractivity contribution in [3.05, 3.63) is 114 Å². The largest absolute Gasteiger partial charge is 0.458 e. The van der Waals surface area contributed by atoms with Gasteiger partial charge in [-0.05, 0) is 32.8 Å². The molecule has 0 saturated heterocycles. The van der Waals surface area contributed by atoms with Crippen molar-refractivity contribution in [1.82, 2.24) is 0 Å². The lowest BCUT2D eigenvalue weighted by Gasteiger charge is -2.22. The third kappa shape index (κ3) is 7.07. The van der Waals surface area contributed by atoms with Crippen molar-refractivity contribution in [1.29, 1.82) is 0 Å². The Hall–Kier alpha value is -3.46. The lowest BCUT2D eigenvalue weighted by atomic mass is 10.0.